The lowest BCUT2D eigenvalue weighted by Gasteiger charge is -2.28. The van der Waals surface area contributed by atoms with Crippen molar-refractivity contribution in [3.8, 4) is 0 Å². The summed E-state index contributed by atoms with van der Waals surface area (Å²) in [5, 5.41) is 18.7. The van der Waals surface area contributed by atoms with Crippen LogP contribution >= 0.6 is 0 Å². The number of carbonyl (C=O) groups excluding carboxylic acids is 3. The van der Waals surface area contributed by atoms with Crippen molar-refractivity contribution in [2.75, 3.05) is 0 Å². The van der Waals surface area contributed by atoms with E-state index >= 15 is 0 Å². The minimum Gasteiger partial charge on any atom is -0.481 e. The van der Waals surface area contributed by atoms with E-state index in [1.807, 2.05) is 0 Å². The summed E-state index contributed by atoms with van der Waals surface area (Å²) in [4.78, 5) is 72.7. The third-order valence-electron chi connectivity index (χ3n) is 4.36. The lowest BCUT2D eigenvalue weighted by molar-refractivity contribution is -0.188. The average Bonchev–Trinajstić information content (AvgIpc) is 3.41. The van der Waals surface area contributed by atoms with E-state index in [2.05, 4.69) is 24.7 Å². The van der Waals surface area contributed by atoms with Crippen LogP contribution in [-0.2, 0) is 46.3 Å². The molecule has 1 unspecified atom stereocenters. The van der Waals surface area contributed by atoms with E-state index in [1.165, 1.54) is 25.0 Å². The molecule has 0 aliphatic carbocycles. The molecule has 8 N–H and O–H groups in total. The molecule has 0 spiro atoms. The Kier molecular flexibility index (Phi) is 8.36. The van der Waals surface area contributed by atoms with Gasteiger partial charge in [0.2, 0.25) is 5.60 Å². The minimum absolute atomic E-state index is 0.0667. The summed E-state index contributed by atoms with van der Waals surface area (Å²) in [6.07, 6.45) is 2.65. The van der Waals surface area contributed by atoms with E-state index < -0.39 is 60.4 Å². The summed E-state index contributed by atoms with van der Waals surface area (Å²) in [5.74, 6) is -7.59. The number of aliphatic carboxylic acids is 2. The van der Waals surface area contributed by atoms with Crippen LogP contribution in [0.3, 0.4) is 0 Å². The van der Waals surface area contributed by atoms with Gasteiger partial charge in [0.05, 0.1) is 25.5 Å². The average molecular weight is 466 g/mol. The van der Waals surface area contributed by atoms with Gasteiger partial charge in [-0.05, 0) is 0 Å². The fourth-order valence-corrected chi connectivity index (χ4v) is 2.73. The van der Waals surface area contributed by atoms with Crippen molar-refractivity contribution in [1.82, 2.24) is 19.9 Å². The zero-order chi connectivity index (χ0) is 24.6. The van der Waals surface area contributed by atoms with E-state index in [9.17, 15) is 29.1 Å². The number of hydrogen-bond donors (Lipinski definition) is 6. The van der Waals surface area contributed by atoms with Crippen molar-refractivity contribution >= 4 is 29.8 Å². The van der Waals surface area contributed by atoms with Gasteiger partial charge in [0.15, 0.2) is 0 Å². The highest BCUT2D eigenvalue weighted by atomic mass is 16.6. The van der Waals surface area contributed by atoms with Crippen LogP contribution in [0.25, 0.3) is 0 Å². The summed E-state index contributed by atoms with van der Waals surface area (Å²) in [5.41, 5.74) is 9.38. The number of aromatic nitrogens is 4. The van der Waals surface area contributed by atoms with Gasteiger partial charge in [-0.25, -0.2) is 19.6 Å². The second kappa shape index (κ2) is 11.0. The first-order valence-corrected chi connectivity index (χ1v) is 9.40. The molecule has 0 fully saturated rings. The molecule has 2 heterocycles. The van der Waals surface area contributed by atoms with E-state index in [0.29, 0.717) is 11.4 Å². The molecule has 2 aromatic rings. The molecular formula is C18H22N6O9. The van der Waals surface area contributed by atoms with Crippen LogP contribution in [0.5, 0.6) is 0 Å². The van der Waals surface area contributed by atoms with Gasteiger partial charge in [-0.15, -0.1) is 0 Å². The highest BCUT2D eigenvalue weighted by Gasteiger charge is 2.48. The van der Waals surface area contributed by atoms with Gasteiger partial charge in [-0.1, -0.05) is 0 Å². The maximum atomic E-state index is 12.4. The molecule has 0 saturated carbocycles. The van der Waals surface area contributed by atoms with Crippen molar-refractivity contribution in [2.24, 2.45) is 11.5 Å². The summed E-state index contributed by atoms with van der Waals surface area (Å²) in [6, 6.07) is -2.71. The van der Waals surface area contributed by atoms with Crippen LogP contribution in [0.15, 0.2) is 25.0 Å². The minimum atomic E-state index is -2.88. The third-order valence-corrected chi connectivity index (χ3v) is 4.36. The number of carboxylic acids is 2. The maximum absolute atomic E-state index is 12.4. The number of nitrogens with one attached hydrogen (secondary N) is 2. The van der Waals surface area contributed by atoms with Gasteiger partial charge in [-0.3, -0.25) is 14.4 Å². The summed E-state index contributed by atoms with van der Waals surface area (Å²) >= 11 is 0. The Balaban J connectivity index is 2.10. The van der Waals surface area contributed by atoms with Crippen LogP contribution in [0.4, 0.5) is 0 Å². The number of ether oxygens (including phenoxy) is 2. The van der Waals surface area contributed by atoms with Crippen LogP contribution in [0, 0.1) is 0 Å². The first-order valence-electron chi connectivity index (χ1n) is 9.40. The molecule has 0 radical (unpaired) electrons. The number of aromatic amines is 2. The van der Waals surface area contributed by atoms with Gasteiger partial charge in [-0.2, -0.15) is 0 Å². The van der Waals surface area contributed by atoms with Crippen molar-refractivity contribution in [3.63, 3.8) is 0 Å². The van der Waals surface area contributed by atoms with Crippen molar-refractivity contribution in [1.29, 1.82) is 0 Å². The number of rotatable bonds is 12. The maximum Gasteiger partial charge on any atom is 0.349 e. The molecule has 0 aliphatic heterocycles. The Morgan fingerprint density at radius 1 is 0.909 bits per heavy atom. The fourth-order valence-electron chi connectivity index (χ4n) is 2.73. The standard InChI is InChI=1S/C18H22N6O9/c19-11(1-9-5-21-7-23-9)15(28)32-14(27)4-18(17(30)31,3-13(25)26)33-16(29)12(20)2-10-6-22-8-24-10/h5-8,11-12H,1-4,19-20H2,(H,21,23)(H,22,24)(H,25,26)(H,30,31)/t11-,12-,18?/m0/s1. The molecule has 0 aliphatic rings. The van der Waals surface area contributed by atoms with E-state index in [4.69, 9.17) is 21.3 Å². The number of esters is 3. The van der Waals surface area contributed by atoms with Gasteiger partial charge in [0, 0.05) is 36.6 Å². The number of nitrogens with two attached hydrogens (primary N) is 2. The SMILES string of the molecule is N[C@@H](Cc1cnc[nH]1)C(=O)OC(=O)CC(CC(=O)O)(OC(=O)[C@@H](N)Cc1cnc[nH]1)C(=O)O. The molecule has 15 heteroatoms. The quantitative estimate of drug-likeness (QED) is 0.144. The van der Waals surface area contributed by atoms with Crippen molar-refractivity contribution in [3.05, 3.63) is 36.4 Å². The number of carboxylic acid groups (broad SMARTS) is 2. The topological polar surface area (TPSA) is 254 Å². The van der Waals surface area contributed by atoms with Gasteiger partial charge in [0.1, 0.15) is 12.1 Å². The van der Waals surface area contributed by atoms with E-state index in [-0.39, 0.29) is 12.8 Å². The second-order valence-corrected chi connectivity index (χ2v) is 7.04. The number of hydrogen-bond acceptors (Lipinski definition) is 11. The Hall–Kier alpha value is -4.11. The predicted octanol–water partition coefficient (Wildman–Crippen LogP) is -2.13. The van der Waals surface area contributed by atoms with E-state index in [0.717, 1.165) is 0 Å². The molecule has 3 atom stereocenters. The Bertz CT molecular complexity index is 991. The summed E-state index contributed by atoms with van der Waals surface area (Å²) in [7, 11) is 0. The number of nitrogens with zero attached hydrogens (tertiary/aromatic N) is 2. The highest BCUT2D eigenvalue weighted by Crippen LogP contribution is 2.24. The molecule has 0 bridgehead atoms. The van der Waals surface area contributed by atoms with Crippen LogP contribution < -0.4 is 11.5 Å². The van der Waals surface area contributed by atoms with Gasteiger partial charge >= 0.3 is 29.8 Å². The number of imidazole rings is 2. The predicted molar refractivity (Wildman–Crippen MR) is 105 cm³/mol. The zero-order valence-corrected chi connectivity index (χ0v) is 17.1. The first kappa shape index (κ1) is 25.2. The van der Waals surface area contributed by atoms with Gasteiger partial charge < -0.3 is 41.1 Å². The largest absolute Gasteiger partial charge is 0.481 e. The number of H-pyrrole nitrogens is 2. The normalized spacial score (nSPS) is 14.5. The van der Waals surface area contributed by atoms with Crippen molar-refractivity contribution < 1.29 is 43.7 Å². The van der Waals surface area contributed by atoms with E-state index in [1.54, 1.807) is 0 Å². The monoisotopic (exact) mass is 466 g/mol. The second-order valence-electron chi connectivity index (χ2n) is 7.04. The third kappa shape index (κ3) is 7.22. The van der Waals surface area contributed by atoms with Crippen LogP contribution in [-0.4, -0.2) is 77.7 Å². The zero-order valence-electron chi connectivity index (χ0n) is 17.1. The molecular weight excluding hydrogens is 444 g/mol. The first-order chi connectivity index (χ1) is 15.5. The van der Waals surface area contributed by atoms with Crippen LogP contribution in [0.2, 0.25) is 0 Å². The summed E-state index contributed by atoms with van der Waals surface area (Å²) < 4.78 is 9.43. The molecule has 0 saturated heterocycles. The Labute approximate surface area is 185 Å². The fraction of sp³-hybridized carbons (Fsp3) is 0.389. The number of carbonyl (C=O) groups is 5. The van der Waals surface area contributed by atoms with Crippen molar-refractivity contribution in [2.45, 2.75) is 43.4 Å². The van der Waals surface area contributed by atoms with Crippen LogP contribution in [0.1, 0.15) is 24.2 Å². The molecule has 33 heavy (non-hydrogen) atoms. The molecule has 2 rings (SSSR count). The smallest absolute Gasteiger partial charge is 0.349 e. The Morgan fingerprint density at radius 3 is 1.85 bits per heavy atom. The highest BCUT2D eigenvalue weighted by molar-refractivity contribution is 5.95. The Morgan fingerprint density at radius 2 is 1.42 bits per heavy atom. The molecule has 178 valence electrons. The molecule has 0 aromatic carbocycles. The molecule has 15 nitrogen and oxygen atoms in total. The molecule has 2 aromatic heterocycles. The lowest BCUT2D eigenvalue weighted by Crippen LogP contribution is -2.51. The summed E-state index contributed by atoms with van der Waals surface area (Å²) in [6.45, 7) is 0. The lowest BCUT2D eigenvalue weighted by atomic mass is 9.95. The van der Waals surface area contributed by atoms with Gasteiger partial charge in [0.25, 0.3) is 0 Å². The molecule has 0 amide bonds.